The first-order valence-electron chi connectivity index (χ1n) is 12.1. The van der Waals surface area contributed by atoms with Crippen molar-refractivity contribution >= 4 is 22.4 Å². The summed E-state index contributed by atoms with van der Waals surface area (Å²) in [6.07, 6.45) is 1.66. The lowest BCUT2D eigenvalue weighted by Gasteiger charge is -2.26. The number of hydrogen-bond acceptors (Lipinski definition) is 4. The fraction of sp³-hybridized carbons (Fsp3) is 0.241. The maximum Gasteiger partial charge on any atom is 0.251 e. The SMILES string of the molecule is [C-]#[N+]c1ccc(-n2c(O)c3c(c2O)C2(CCNC(=O)c4ccc(F)cc4)CCC3(C)O2)c2ccccc12. The van der Waals surface area contributed by atoms with Crippen LogP contribution < -0.4 is 5.32 Å². The third-order valence-corrected chi connectivity index (χ3v) is 7.69. The molecule has 1 saturated heterocycles. The van der Waals surface area contributed by atoms with Crippen molar-refractivity contribution in [3.8, 4) is 17.4 Å². The number of amides is 1. The Hall–Kier alpha value is -4.35. The molecule has 3 heterocycles. The van der Waals surface area contributed by atoms with E-state index in [0.29, 0.717) is 47.3 Å². The summed E-state index contributed by atoms with van der Waals surface area (Å²) in [5.41, 5.74) is 0.836. The molecule has 2 atom stereocenters. The Kier molecular flexibility index (Phi) is 5.04. The van der Waals surface area contributed by atoms with Gasteiger partial charge in [0, 0.05) is 12.1 Å². The highest BCUT2D eigenvalue weighted by atomic mass is 19.1. The first-order valence-corrected chi connectivity index (χ1v) is 12.1. The lowest BCUT2D eigenvalue weighted by atomic mass is 9.78. The number of fused-ring (bicyclic) bond motifs is 6. The molecule has 1 amide bonds. The second-order valence-corrected chi connectivity index (χ2v) is 9.83. The number of halogens is 1. The summed E-state index contributed by atoms with van der Waals surface area (Å²) in [7, 11) is 0. The number of carbonyl (C=O) groups is 1. The van der Waals surface area contributed by atoms with Crippen LogP contribution in [-0.4, -0.2) is 27.2 Å². The zero-order valence-corrected chi connectivity index (χ0v) is 20.1. The lowest BCUT2D eigenvalue weighted by molar-refractivity contribution is -0.0826. The highest BCUT2D eigenvalue weighted by Crippen LogP contribution is 2.65. The largest absolute Gasteiger partial charge is 0.494 e. The molecule has 0 radical (unpaired) electrons. The van der Waals surface area contributed by atoms with E-state index < -0.39 is 17.0 Å². The summed E-state index contributed by atoms with van der Waals surface area (Å²) in [4.78, 5) is 16.1. The summed E-state index contributed by atoms with van der Waals surface area (Å²) in [5, 5.41) is 27.3. The highest BCUT2D eigenvalue weighted by Gasteiger charge is 2.61. The number of rotatable bonds is 5. The number of hydrogen-bond donors (Lipinski definition) is 3. The van der Waals surface area contributed by atoms with Gasteiger partial charge in [0.2, 0.25) is 11.8 Å². The van der Waals surface area contributed by atoms with Crippen LogP contribution in [0.5, 0.6) is 11.8 Å². The fourth-order valence-electron chi connectivity index (χ4n) is 5.98. The van der Waals surface area contributed by atoms with Crippen molar-refractivity contribution in [1.82, 2.24) is 9.88 Å². The van der Waals surface area contributed by atoms with E-state index in [4.69, 9.17) is 11.3 Å². The molecule has 1 fully saturated rings. The molecular formula is C29H24FN3O4. The van der Waals surface area contributed by atoms with Gasteiger partial charge < -0.3 is 20.3 Å². The minimum atomic E-state index is -0.876. The van der Waals surface area contributed by atoms with Crippen LogP contribution in [0.4, 0.5) is 10.1 Å². The van der Waals surface area contributed by atoms with Gasteiger partial charge in [-0.2, -0.15) is 0 Å². The van der Waals surface area contributed by atoms with E-state index in [1.807, 2.05) is 31.2 Å². The second-order valence-electron chi connectivity index (χ2n) is 9.83. The molecule has 0 spiro atoms. The molecule has 6 rings (SSSR count). The van der Waals surface area contributed by atoms with Crippen molar-refractivity contribution in [3.05, 3.63) is 94.6 Å². The van der Waals surface area contributed by atoms with Gasteiger partial charge in [-0.15, -0.1) is 0 Å². The maximum atomic E-state index is 13.2. The van der Waals surface area contributed by atoms with Gasteiger partial charge in [-0.3, -0.25) is 9.36 Å². The average molecular weight is 498 g/mol. The standard InChI is InChI=1S/C29H24FN3O4/c1-28-13-14-29(37-28,15-16-32-25(34)17-7-9-18(30)10-8-17)24-23(28)26(35)33(27(24)36)22-12-11-21(31-2)19-5-3-4-6-20(19)22/h3-12,35-36H,13-16H2,1H3,(H,32,34). The van der Waals surface area contributed by atoms with Crippen molar-refractivity contribution in [2.45, 2.75) is 37.4 Å². The number of nitrogens with one attached hydrogen (secondary N) is 1. The van der Waals surface area contributed by atoms with Crippen LogP contribution in [0.15, 0.2) is 60.7 Å². The van der Waals surface area contributed by atoms with Crippen LogP contribution in [0.2, 0.25) is 0 Å². The number of aromatic nitrogens is 1. The number of benzene rings is 3. The number of nitrogens with zero attached hydrogens (tertiary/aromatic N) is 2. The molecule has 186 valence electrons. The predicted molar refractivity (Wildman–Crippen MR) is 136 cm³/mol. The molecule has 2 unspecified atom stereocenters. The van der Waals surface area contributed by atoms with Gasteiger partial charge in [-0.25, -0.2) is 9.24 Å². The minimum absolute atomic E-state index is 0.0901. The molecule has 1 aromatic heterocycles. The van der Waals surface area contributed by atoms with E-state index in [9.17, 15) is 19.4 Å². The molecule has 37 heavy (non-hydrogen) atoms. The van der Waals surface area contributed by atoms with Crippen LogP contribution in [0.25, 0.3) is 21.3 Å². The van der Waals surface area contributed by atoms with E-state index in [1.54, 1.807) is 12.1 Å². The van der Waals surface area contributed by atoms with Gasteiger partial charge in [0.1, 0.15) is 11.4 Å². The first-order chi connectivity index (χ1) is 17.8. The quantitative estimate of drug-likeness (QED) is 0.305. The number of carbonyl (C=O) groups excluding carboxylic acids is 1. The van der Waals surface area contributed by atoms with Gasteiger partial charge in [-0.05, 0) is 67.3 Å². The summed E-state index contributed by atoms with van der Waals surface area (Å²) in [6, 6.07) is 16.1. The predicted octanol–water partition coefficient (Wildman–Crippen LogP) is 5.79. The molecule has 8 heteroatoms. The molecule has 0 aliphatic carbocycles. The molecule has 2 aliphatic rings. The van der Waals surface area contributed by atoms with E-state index in [-0.39, 0.29) is 24.2 Å². The molecule has 3 N–H and O–H groups in total. The lowest BCUT2D eigenvalue weighted by Crippen LogP contribution is -2.32. The van der Waals surface area contributed by atoms with Gasteiger partial charge in [0.05, 0.1) is 29.0 Å². The van der Waals surface area contributed by atoms with Crippen molar-refractivity contribution < 1.29 is 24.1 Å². The van der Waals surface area contributed by atoms with Crippen LogP contribution >= 0.6 is 0 Å². The minimum Gasteiger partial charge on any atom is -0.494 e. The molecule has 3 aromatic carbocycles. The van der Waals surface area contributed by atoms with Crippen LogP contribution in [0.1, 0.15) is 47.7 Å². The zero-order valence-electron chi connectivity index (χ0n) is 20.1. The summed E-state index contributed by atoms with van der Waals surface area (Å²) >= 11 is 0. The zero-order chi connectivity index (χ0) is 25.9. The average Bonchev–Trinajstić information content (AvgIpc) is 3.48. The van der Waals surface area contributed by atoms with Crippen molar-refractivity contribution in [2.24, 2.45) is 0 Å². The fourth-order valence-corrected chi connectivity index (χ4v) is 5.98. The molecule has 2 bridgehead atoms. The van der Waals surface area contributed by atoms with Crippen molar-refractivity contribution in [3.63, 3.8) is 0 Å². The Morgan fingerprint density at radius 2 is 1.76 bits per heavy atom. The Balaban J connectivity index is 1.37. The van der Waals surface area contributed by atoms with E-state index in [0.717, 1.165) is 10.8 Å². The smallest absolute Gasteiger partial charge is 0.251 e. The van der Waals surface area contributed by atoms with E-state index in [1.165, 1.54) is 28.8 Å². The first kappa shape index (κ1) is 23.1. The Morgan fingerprint density at radius 1 is 1.05 bits per heavy atom. The molecule has 7 nitrogen and oxygen atoms in total. The van der Waals surface area contributed by atoms with Crippen molar-refractivity contribution in [1.29, 1.82) is 0 Å². The van der Waals surface area contributed by atoms with Gasteiger partial charge >= 0.3 is 0 Å². The van der Waals surface area contributed by atoms with Gasteiger partial charge in [0.25, 0.3) is 5.91 Å². The second kappa shape index (κ2) is 8.08. The van der Waals surface area contributed by atoms with Gasteiger partial charge in [-0.1, -0.05) is 30.3 Å². The topological polar surface area (TPSA) is 88.1 Å². The van der Waals surface area contributed by atoms with E-state index >= 15 is 0 Å². The highest BCUT2D eigenvalue weighted by molar-refractivity contribution is 6.00. The Morgan fingerprint density at radius 3 is 2.49 bits per heavy atom. The third-order valence-electron chi connectivity index (χ3n) is 7.69. The Bertz CT molecular complexity index is 1620. The van der Waals surface area contributed by atoms with Crippen LogP contribution in [0, 0.1) is 12.4 Å². The maximum absolute atomic E-state index is 13.2. The summed E-state index contributed by atoms with van der Waals surface area (Å²) in [5.74, 6) is -0.940. The van der Waals surface area contributed by atoms with Crippen LogP contribution in [-0.2, 0) is 15.9 Å². The summed E-state index contributed by atoms with van der Waals surface area (Å²) in [6.45, 7) is 9.66. The number of ether oxygens (including phenoxy) is 1. The third kappa shape index (κ3) is 3.31. The normalized spacial score (nSPS) is 21.6. The molecule has 0 saturated carbocycles. The Labute approximate surface area is 212 Å². The summed E-state index contributed by atoms with van der Waals surface area (Å²) < 4.78 is 21.1. The van der Waals surface area contributed by atoms with Gasteiger partial charge in [0.15, 0.2) is 5.69 Å². The molecular weight excluding hydrogens is 473 g/mol. The monoisotopic (exact) mass is 497 g/mol. The van der Waals surface area contributed by atoms with E-state index in [2.05, 4.69) is 10.2 Å². The van der Waals surface area contributed by atoms with Crippen molar-refractivity contribution in [2.75, 3.05) is 6.54 Å². The molecule has 4 aromatic rings. The number of aromatic hydroxyl groups is 2. The van der Waals surface area contributed by atoms with Crippen LogP contribution in [0.3, 0.4) is 0 Å². The molecule has 2 aliphatic heterocycles.